The van der Waals surface area contributed by atoms with Crippen molar-refractivity contribution >= 4 is 71.7 Å². The van der Waals surface area contributed by atoms with Gasteiger partial charge in [0.15, 0.2) is 28.9 Å². The van der Waals surface area contributed by atoms with E-state index < -0.39 is 62.6 Å². The van der Waals surface area contributed by atoms with E-state index in [1.807, 2.05) is 6.92 Å². The summed E-state index contributed by atoms with van der Waals surface area (Å²) >= 11 is 8.96. The van der Waals surface area contributed by atoms with Gasteiger partial charge in [-0.15, -0.1) is 0 Å². The van der Waals surface area contributed by atoms with Crippen LogP contribution in [0.5, 0.6) is 0 Å². The van der Waals surface area contributed by atoms with E-state index in [1.165, 1.54) is 23.5 Å². The lowest BCUT2D eigenvalue weighted by Gasteiger charge is -2.28. The molecule has 6 heterocycles. The summed E-state index contributed by atoms with van der Waals surface area (Å²) in [5.74, 6) is -0.461. The zero-order chi connectivity index (χ0) is 31.4. The number of nitrogens with zero attached hydrogens (tertiary/aromatic N) is 7. The van der Waals surface area contributed by atoms with Crippen molar-refractivity contribution in [1.82, 2.24) is 39.0 Å². The highest BCUT2D eigenvalue weighted by atomic mass is 32.7. The first-order chi connectivity index (χ1) is 20.8. The number of aromatic nitrogens is 8. The van der Waals surface area contributed by atoms with Gasteiger partial charge in [-0.05, 0) is 24.6 Å². The van der Waals surface area contributed by atoms with Crippen LogP contribution in [0, 0.1) is 5.92 Å². The first-order valence-corrected chi connectivity index (χ1v) is 18.5. The van der Waals surface area contributed by atoms with Crippen molar-refractivity contribution in [3.8, 4) is 0 Å². The molecule has 2 aliphatic rings. The van der Waals surface area contributed by atoms with Gasteiger partial charge in [0.2, 0.25) is 5.95 Å². The average Bonchev–Trinajstić information content (AvgIpc) is 3.72. The molecule has 0 amide bonds. The molecule has 0 saturated carbocycles. The fourth-order valence-electron chi connectivity index (χ4n) is 5.36. The second-order valence-corrected chi connectivity index (χ2v) is 15.5. The molecule has 2 aliphatic heterocycles. The summed E-state index contributed by atoms with van der Waals surface area (Å²) < 4.78 is 44.0. The Labute approximate surface area is 258 Å². The smallest absolute Gasteiger partial charge is 0.382 e. The minimum Gasteiger partial charge on any atom is -0.382 e. The van der Waals surface area contributed by atoms with Crippen LogP contribution in [0.2, 0.25) is 0 Å². The zero-order valence-corrected chi connectivity index (χ0v) is 26.3. The molecule has 7 N–H and O–H groups in total. The summed E-state index contributed by atoms with van der Waals surface area (Å²) in [6.45, 7) is -6.87. The molecule has 19 nitrogen and oxygen atoms in total. The molecule has 0 spiro atoms. The maximum Gasteiger partial charge on any atom is 0.383 e. The standard InChI is InChI=1S/C21H28N10O9P2S2/c1-2-9-15(10(5-36-41(33,34)43)37-20(9)31-8-27-14-18(31)28-21(23)29-19(14)32)40-42(35,44)39-12-4-3-11(38-12)30-7-26-13-16(22)24-6-25-17(13)30/h6-12,15,20H,2-5H2,1H3,(H,35,44)(H2,22,24,25)(H2,33,34,43)(H3,23,28,29,32)/t9-,10-,11-,12-,15+,20-,42?/m1/s1. The Balaban J connectivity index is 1.22. The van der Waals surface area contributed by atoms with Crippen molar-refractivity contribution in [2.75, 3.05) is 18.1 Å². The number of hydrogen-bond donors (Lipinski definition) is 6. The Kier molecular flexibility index (Phi) is 8.57. The number of nitrogens with one attached hydrogen (secondary N) is 1. The predicted molar refractivity (Wildman–Crippen MR) is 160 cm³/mol. The Bertz CT molecular complexity index is 1850. The molecule has 238 valence electrons. The number of hydrogen-bond acceptors (Lipinski definition) is 15. The van der Waals surface area contributed by atoms with Crippen LogP contribution < -0.4 is 17.0 Å². The van der Waals surface area contributed by atoms with Crippen LogP contribution in [0.4, 0.5) is 11.8 Å². The van der Waals surface area contributed by atoms with E-state index >= 15 is 0 Å². The summed E-state index contributed by atoms with van der Waals surface area (Å²) in [7, 11) is 0. The number of fused-ring (bicyclic) bond motifs is 2. The monoisotopic (exact) mass is 690 g/mol. The molecule has 8 atom stereocenters. The second kappa shape index (κ2) is 12.0. The Hall–Kier alpha value is -2.55. The fraction of sp³-hybridized carbons (Fsp3) is 0.524. The highest BCUT2D eigenvalue weighted by Crippen LogP contribution is 2.54. The molecule has 2 fully saturated rings. The Morgan fingerprint density at radius 3 is 2.61 bits per heavy atom. The van der Waals surface area contributed by atoms with Gasteiger partial charge >= 0.3 is 13.5 Å². The van der Waals surface area contributed by atoms with Gasteiger partial charge in [0.05, 0.1) is 19.3 Å². The molecule has 0 bridgehead atoms. The summed E-state index contributed by atoms with van der Waals surface area (Å²) in [4.78, 5) is 56.3. The second-order valence-electron chi connectivity index (χ2n) is 10.0. The maximum absolute atomic E-state index is 12.4. The van der Waals surface area contributed by atoms with Gasteiger partial charge in [-0.3, -0.25) is 28.0 Å². The number of nitrogen functional groups attached to an aromatic ring is 2. The van der Waals surface area contributed by atoms with Crippen LogP contribution in [-0.4, -0.2) is 73.9 Å². The third-order valence-electron chi connectivity index (χ3n) is 7.23. The van der Waals surface area contributed by atoms with Gasteiger partial charge in [0.1, 0.15) is 36.5 Å². The summed E-state index contributed by atoms with van der Waals surface area (Å²) in [5.41, 5.74) is 12.2. The first kappa shape index (κ1) is 31.4. The number of anilines is 2. The number of thiol groups is 1. The molecule has 0 aromatic carbocycles. The van der Waals surface area contributed by atoms with E-state index in [9.17, 15) is 19.1 Å². The molecule has 2 saturated heterocycles. The van der Waals surface area contributed by atoms with E-state index in [4.69, 9.17) is 46.3 Å². The molecule has 44 heavy (non-hydrogen) atoms. The van der Waals surface area contributed by atoms with Gasteiger partial charge in [0, 0.05) is 12.3 Å². The Morgan fingerprint density at radius 1 is 1.11 bits per heavy atom. The van der Waals surface area contributed by atoms with E-state index in [0.29, 0.717) is 30.4 Å². The van der Waals surface area contributed by atoms with Crippen LogP contribution in [0.15, 0.2) is 23.8 Å². The van der Waals surface area contributed by atoms with Crippen LogP contribution in [0.1, 0.15) is 38.6 Å². The minimum atomic E-state index is -4.22. The number of aromatic amines is 1. The van der Waals surface area contributed by atoms with Crippen molar-refractivity contribution in [2.45, 2.75) is 57.1 Å². The molecule has 4 aromatic heterocycles. The molecule has 4 aromatic rings. The average molecular weight is 691 g/mol. The fourth-order valence-corrected chi connectivity index (χ4v) is 7.59. The number of H-pyrrole nitrogens is 1. The van der Waals surface area contributed by atoms with E-state index in [2.05, 4.69) is 42.2 Å². The van der Waals surface area contributed by atoms with Crippen LogP contribution in [0.3, 0.4) is 0 Å². The summed E-state index contributed by atoms with van der Waals surface area (Å²) in [5, 5.41) is 0. The highest BCUT2D eigenvalue weighted by Gasteiger charge is 2.49. The molecule has 0 radical (unpaired) electrons. The van der Waals surface area contributed by atoms with E-state index in [1.54, 1.807) is 4.57 Å². The third-order valence-corrected chi connectivity index (χ3v) is 9.59. The lowest BCUT2D eigenvalue weighted by molar-refractivity contribution is -0.106. The molecular formula is C21H28N10O9P2S2. The zero-order valence-electron chi connectivity index (χ0n) is 22.8. The molecule has 6 rings (SSSR count). The van der Waals surface area contributed by atoms with E-state index in [-0.39, 0.29) is 22.9 Å². The molecule has 0 aliphatic carbocycles. The molecule has 23 heteroatoms. The molecular weight excluding hydrogens is 662 g/mol. The number of nitrogens with two attached hydrogens (primary N) is 2. The van der Waals surface area contributed by atoms with Crippen molar-refractivity contribution in [3.05, 3.63) is 29.3 Å². The maximum atomic E-state index is 12.4. The lowest BCUT2D eigenvalue weighted by atomic mass is 9.97. The predicted octanol–water partition coefficient (Wildman–Crippen LogP) is 1.35. The highest BCUT2D eigenvalue weighted by molar-refractivity contribution is 8.44. The van der Waals surface area contributed by atoms with Crippen LogP contribution >= 0.6 is 25.8 Å². The van der Waals surface area contributed by atoms with Crippen molar-refractivity contribution < 1.29 is 37.4 Å². The van der Waals surface area contributed by atoms with Crippen LogP contribution in [-0.2, 0) is 39.4 Å². The number of ether oxygens (including phenoxy) is 2. The quantitative estimate of drug-likeness (QED) is 0.101. The normalized spacial score (nSPS) is 28.5. The van der Waals surface area contributed by atoms with Gasteiger partial charge in [-0.2, -0.15) is 4.98 Å². The first-order valence-electron chi connectivity index (χ1n) is 13.2. The number of rotatable bonds is 10. The molecule has 2 unspecified atom stereocenters. The minimum absolute atomic E-state index is 0.0217. The van der Waals surface area contributed by atoms with Gasteiger partial charge in [-0.25, -0.2) is 24.5 Å². The summed E-state index contributed by atoms with van der Waals surface area (Å²) in [6, 6.07) is 0. The van der Waals surface area contributed by atoms with Crippen molar-refractivity contribution in [3.63, 3.8) is 0 Å². The van der Waals surface area contributed by atoms with Crippen molar-refractivity contribution in [2.24, 2.45) is 5.92 Å². The van der Waals surface area contributed by atoms with E-state index in [0.717, 1.165) is 0 Å². The Morgan fingerprint density at radius 2 is 1.86 bits per heavy atom. The lowest BCUT2D eigenvalue weighted by Crippen LogP contribution is -2.33. The topological polar surface area (TPSA) is 263 Å². The van der Waals surface area contributed by atoms with Crippen molar-refractivity contribution in [1.29, 1.82) is 0 Å². The summed E-state index contributed by atoms with van der Waals surface area (Å²) in [6.07, 6.45) is 1.05. The van der Waals surface area contributed by atoms with Gasteiger partial charge < -0.3 is 35.3 Å². The SMILES string of the molecule is CC[C@@H]1[C@H](OP(O)(=S)O[C@@H]2CC[C@H](n3cnc4c(N)ncnc43)O2)[C@@H](COP(=O)(O)S)O[C@H]1n1cnc2c(=O)[nH]c(N)nc21. The largest absolute Gasteiger partial charge is 0.383 e. The van der Waals surface area contributed by atoms with Gasteiger partial charge in [-0.1, -0.05) is 19.2 Å². The van der Waals surface area contributed by atoms with Crippen LogP contribution in [0.25, 0.3) is 22.3 Å². The third kappa shape index (κ3) is 6.27. The van der Waals surface area contributed by atoms with Gasteiger partial charge in [0.25, 0.3) is 5.56 Å². The number of imidazole rings is 2.